The van der Waals surface area contributed by atoms with E-state index in [0.717, 1.165) is 12.8 Å². The normalized spacial score (nSPS) is 53.5. The van der Waals surface area contributed by atoms with Crippen molar-refractivity contribution in [3.63, 3.8) is 0 Å². The van der Waals surface area contributed by atoms with Crippen LogP contribution in [0.25, 0.3) is 0 Å². The zero-order valence-corrected chi connectivity index (χ0v) is 9.05. The minimum atomic E-state index is -0.549. The molecule has 2 rings (SSSR count). The maximum Gasteiger partial charge on any atom is 0.0895 e. The van der Waals surface area contributed by atoms with E-state index in [4.69, 9.17) is 0 Å². The van der Waals surface area contributed by atoms with Gasteiger partial charge in [-0.1, -0.05) is 31.9 Å². The second-order valence-corrected chi connectivity index (χ2v) is 7.13. The van der Waals surface area contributed by atoms with Crippen LogP contribution in [-0.4, -0.2) is 25.7 Å². The molecule has 4 heteroatoms. The first-order valence-electron chi connectivity index (χ1n) is 3.79. The Morgan fingerprint density at radius 3 is 2.36 bits per heavy atom. The molecule has 0 saturated heterocycles. The third-order valence-corrected chi connectivity index (χ3v) is 5.03. The molecule has 0 bridgehead atoms. The van der Waals surface area contributed by atoms with E-state index >= 15 is 0 Å². The monoisotopic (exact) mass is 284 g/mol. The van der Waals surface area contributed by atoms with E-state index in [1.807, 2.05) is 0 Å². The summed E-state index contributed by atoms with van der Waals surface area (Å²) in [7, 11) is 0. The second kappa shape index (κ2) is 2.44. The van der Waals surface area contributed by atoms with Crippen LogP contribution in [0.1, 0.15) is 12.8 Å². The first-order chi connectivity index (χ1) is 5.05. The molecule has 2 aliphatic carbocycles. The Bertz CT molecular complexity index is 183. The topological polar surface area (TPSA) is 40.5 Å². The van der Waals surface area contributed by atoms with E-state index in [1.165, 1.54) is 0 Å². The molecule has 64 valence electrons. The lowest BCUT2D eigenvalue weighted by Crippen LogP contribution is -2.32. The summed E-state index contributed by atoms with van der Waals surface area (Å²) in [6.07, 6.45) is 0.654. The predicted octanol–water partition coefficient (Wildman–Crippen LogP) is 1.23. The highest BCUT2D eigenvalue weighted by Crippen LogP contribution is 2.67. The summed E-state index contributed by atoms with van der Waals surface area (Å²) in [5.41, 5.74) is 0. The number of hydrogen-bond acceptors (Lipinski definition) is 2. The van der Waals surface area contributed by atoms with E-state index < -0.39 is 12.2 Å². The highest BCUT2D eigenvalue weighted by Gasteiger charge is 2.67. The summed E-state index contributed by atoms with van der Waals surface area (Å²) >= 11 is 6.99. The molecule has 2 fully saturated rings. The predicted molar refractivity (Wildman–Crippen MR) is 48.8 cm³/mol. The summed E-state index contributed by atoms with van der Waals surface area (Å²) in [5, 5.41) is 18.8. The Morgan fingerprint density at radius 2 is 1.82 bits per heavy atom. The van der Waals surface area contributed by atoms with Gasteiger partial charge in [-0.05, 0) is 18.8 Å². The molecule has 0 heterocycles. The van der Waals surface area contributed by atoms with Crippen LogP contribution in [0, 0.1) is 11.8 Å². The van der Waals surface area contributed by atoms with Crippen molar-refractivity contribution in [2.45, 2.75) is 28.3 Å². The van der Waals surface area contributed by atoms with Crippen molar-refractivity contribution >= 4 is 31.9 Å². The van der Waals surface area contributed by atoms with Crippen molar-refractivity contribution in [3.8, 4) is 0 Å². The van der Waals surface area contributed by atoms with Crippen LogP contribution < -0.4 is 0 Å². The van der Waals surface area contributed by atoms with Gasteiger partial charge in [0, 0.05) is 5.92 Å². The molecular weight excluding hydrogens is 276 g/mol. The number of aliphatic hydroxyl groups is 2. The molecule has 0 aliphatic heterocycles. The molecule has 0 aromatic heterocycles. The first kappa shape index (κ1) is 8.48. The molecule has 11 heavy (non-hydrogen) atoms. The van der Waals surface area contributed by atoms with Gasteiger partial charge in [0.25, 0.3) is 0 Å². The van der Waals surface area contributed by atoms with Crippen LogP contribution in [0.3, 0.4) is 0 Å². The fourth-order valence-electron chi connectivity index (χ4n) is 2.01. The van der Waals surface area contributed by atoms with E-state index in [2.05, 4.69) is 31.9 Å². The fraction of sp³-hybridized carbons (Fsp3) is 1.00. The molecule has 4 atom stereocenters. The highest BCUT2D eigenvalue weighted by atomic mass is 79.9. The molecule has 0 spiro atoms. The zero-order valence-electron chi connectivity index (χ0n) is 5.87. The van der Waals surface area contributed by atoms with Gasteiger partial charge in [-0.3, -0.25) is 0 Å². The van der Waals surface area contributed by atoms with Crippen LogP contribution in [0.5, 0.6) is 0 Å². The summed E-state index contributed by atoms with van der Waals surface area (Å²) in [6.45, 7) is 0. The molecule has 0 aromatic rings. The molecular formula is C7H10Br2O2. The lowest BCUT2D eigenvalue weighted by Gasteiger charge is -2.21. The average Bonchev–Trinajstić information content (AvgIpc) is 2.46. The quantitative estimate of drug-likeness (QED) is 0.658. The van der Waals surface area contributed by atoms with Gasteiger partial charge < -0.3 is 10.2 Å². The molecule has 2 N–H and O–H groups in total. The Kier molecular flexibility index (Phi) is 1.88. The van der Waals surface area contributed by atoms with Gasteiger partial charge >= 0.3 is 0 Å². The first-order valence-corrected chi connectivity index (χ1v) is 5.37. The molecule has 2 saturated carbocycles. The number of alkyl halides is 2. The number of rotatable bonds is 0. The molecule has 2 nitrogen and oxygen atoms in total. The fourth-order valence-corrected chi connectivity index (χ4v) is 3.96. The highest BCUT2D eigenvalue weighted by molar-refractivity contribution is 9.25. The van der Waals surface area contributed by atoms with Crippen molar-refractivity contribution in [3.05, 3.63) is 0 Å². The van der Waals surface area contributed by atoms with Crippen molar-refractivity contribution in [1.82, 2.24) is 0 Å². The van der Waals surface area contributed by atoms with Crippen molar-refractivity contribution in [1.29, 1.82) is 0 Å². The third-order valence-electron chi connectivity index (χ3n) is 2.80. The van der Waals surface area contributed by atoms with Gasteiger partial charge in [0.2, 0.25) is 0 Å². The van der Waals surface area contributed by atoms with Gasteiger partial charge in [-0.15, -0.1) is 0 Å². The maximum atomic E-state index is 9.51. The number of hydrogen-bond donors (Lipinski definition) is 2. The van der Waals surface area contributed by atoms with Gasteiger partial charge in [0.1, 0.15) is 0 Å². The number of aliphatic hydroxyl groups excluding tert-OH is 2. The van der Waals surface area contributed by atoms with Crippen LogP contribution in [-0.2, 0) is 0 Å². The molecule has 0 amide bonds. The Balaban J connectivity index is 2.12. The Hall–Kier alpha value is 0.880. The van der Waals surface area contributed by atoms with Crippen molar-refractivity contribution in [2.75, 3.05) is 0 Å². The Morgan fingerprint density at radius 1 is 1.18 bits per heavy atom. The van der Waals surface area contributed by atoms with E-state index in [1.54, 1.807) is 0 Å². The van der Waals surface area contributed by atoms with Crippen LogP contribution in [0.4, 0.5) is 0 Å². The smallest absolute Gasteiger partial charge is 0.0895 e. The second-order valence-electron chi connectivity index (χ2n) is 3.44. The van der Waals surface area contributed by atoms with E-state index in [0.29, 0.717) is 5.92 Å². The maximum absolute atomic E-state index is 9.51. The van der Waals surface area contributed by atoms with Gasteiger partial charge in [-0.2, -0.15) is 0 Å². The Labute approximate surface area is 82.2 Å². The van der Waals surface area contributed by atoms with E-state index in [-0.39, 0.29) is 9.15 Å². The zero-order chi connectivity index (χ0) is 8.22. The van der Waals surface area contributed by atoms with Crippen molar-refractivity contribution < 1.29 is 10.2 Å². The molecule has 0 unspecified atom stereocenters. The van der Waals surface area contributed by atoms with Gasteiger partial charge in [0.05, 0.1) is 15.4 Å². The standard InChI is InChI=1S/C7H10Br2O2/c8-7(9)3-1-2-4(10)6(11)5(3)7/h3-6,10-11H,1-2H2/t3-,4-,5-,6-/m1/s1. The minimum absolute atomic E-state index is 0.0864. The van der Waals surface area contributed by atoms with Gasteiger partial charge in [0.15, 0.2) is 0 Å². The van der Waals surface area contributed by atoms with Crippen LogP contribution >= 0.6 is 31.9 Å². The van der Waals surface area contributed by atoms with Crippen molar-refractivity contribution in [2.24, 2.45) is 11.8 Å². The molecule has 0 aromatic carbocycles. The third kappa shape index (κ3) is 1.10. The van der Waals surface area contributed by atoms with Crippen LogP contribution in [0.15, 0.2) is 0 Å². The summed E-state index contributed by atoms with van der Waals surface area (Å²) in [6, 6.07) is 0. The largest absolute Gasteiger partial charge is 0.390 e. The average molecular weight is 286 g/mol. The summed E-state index contributed by atoms with van der Waals surface area (Å²) in [4.78, 5) is 0. The number of halogens is 2. The van der Waals surface area contributed by atoms with Crippen LogP contribution in [0.2, 0.25) is 0 Å². The minimum Gasteiger partial charge on any atom is -0.390 e. The van der Waals surface area contributed by atoms with Gasteiger partial charge in [-0.25, -0.2) is 0 Å². The molecule has 2 aliphatic rings. The number of fused-ring (bicyclic) bond motifs is 1. The van der Waals surface area contributed by atoms with E-state index in [9.17, 15) is 10.2 Å². The lowest BCUT2D eigenvalue weighted by molar-refractivity contribution is -0.0173. The summed E-state index contributed by atoms with van der Waals surface area (Å²) < 4.78 is -0.0864. The summed E-state index contributed by atoms with van der Waals surface area (Å²) in [5.74, 6) is 0.701. The SMILES string of the molecule is O[C@H]1[C@H]2[C@@H](CC[C@H]1O)C2(Br)Br. The molecule has 0 radical (unpaired) electrons. The lowest BCUT2D eigenvalue weighted by atomic mass is 9.95.